The Kier molecular flexibility index (Phi) is 9.74. The van der Waals surface area contributed by atoms with E-state index in [-0.39, 0.29) is 0 Å². The Balaban J connectivity index is 6.56. The van der Waals surface area contributed by atoms with Crippen LogP contribution in [-0.2, 0) is 19.0 Å². The molecule has 3 unspecified atom stereocenters. The van der Waals surface area contributed by atoms with Gasteiger partial charge in [-0.25, -0.2) is 4.79 Å². The number of aliphatic hydroxyl groups is 1. The van der Waals surface area contributed by atoms with E-state index < -0.39 is 79.4 Å². The molecule has 0 aliphatic rings. The molecule has 0 saturated carbocycles. The van der Waals surface area contributed by atoms with E-state index in [4.69, 9.17) is 6.42 Å². The average molecular weight is 606 g/mol. The van der Waals surface area contributed by atoms with Gasteiger partial charge >= 0.3 is 54.3 Å². The summed E-state index contributed by atoms with van der Waals surface area (Å²) in [6.45, 7) is -0.521. The zero-order valence-corrected chi connectivity index (χ0v) is 17.7. The van der Waals surface area contributed by atoms with Gasteiger partial charge in [-0.1, -0.05) is 12.8 Å². The second-order valence-corrected chi connectivity index (χ2v) is 6.91. The summed E-state index contributed by atoms with van der Waals surface area (Å²) in [4.78, 5) is 11.4. The van der Waals surface area contributed by atoms with E-state index in [1.54, 1.807) is 5.92 Å². The molecule has 0 rings (SSSR count). The molecule has 0 bridgehead atoms. The van der Waals surface area contributed by atoms with E-state index in [1.807, 2.05) is 4.74 Å². The maximum atomic E-state index is 14.2. The number of alkyl halides is 17. The van der Waals surface area contributed by atoms with Crippen LogP contribution in [0.1, 0.15) is 19.8 Å². The summed E-state index contributed by atoms with van der Waals surface area (Å²) < 4.78 is 228. The smallest absolute Gasteiger partial charge is 0.461 e. The number of carbonyl (C=O) groups is 1. The molecule has 0 fully saturated rings. The summed E-state index contributed by atoms with van der Waals surface area (Å²) in [5.74, 6) is -25.2. The van der Waals surface area contributed by atoms with Crippen molar-refractivity contribution in [2.24, 2.45) is 0 Å². The summed E-state index contributed by atoms with van der Waals surface area (Å²) in [7, 11) is 0. The zero-order chi connectivity index (χ0) is 31.0. The van der Waals surface area contributed by atoms with Gasteiger partial charge in [-0.2, -0.15) is 74.6 Å². The van der Waals surface area contributed by atoms with Gasteiger partial charge in [0.05, 0.1) is 6.61 Å². The van der Waals surface area contributed by atoms with E-state index in [1.165, 1.54) is 4.74 Å². The highest BCUT2D eigenvalue weighted by Gasteiger charge is 2.85. The second-order valence-electron chi connectivity index (χ2n) is 6.91. The lowest BCUT2D eigenvalue weighted by Crippen LogP contribution is -2.68. The lowest BCUT2D eigenvalue weighted by molar-refractivity contribution is -0.548. The van der Waals surface area contributed by atoms with Gasteiger partial charge < -0.3 is 9.84 Å². The first kappa shape index (κ1) is 35.7. The zero-order valence-electron chi connectivity index (χ0n) is 17.7. The molecule has 224 valence electrons. The molecule has 0 spiro atoms. The second kappa shape index (κ2) is 10.4. The van der Waals surface area contributed by atoms with Crippen LogP contribution in [0.25, 0.3) is 0 Å². The van der Waals surface area contributed by atoms with Gasteiger partial charge in [0.2, 0.25) is 0 Å². The fourth-order valence-electron chi connectivity index (χ4n) is 1.90. The topological polar surface area (TPSA) is 65.0 Å². The molecule has 0 radical (unpaired) electrons. The molecule has 38 heavy (non-hydrogen) atoms. The van der Waals surface area contributed by atoms with E-state index >= 15 is 0 Å². The quantitative estimate of drug-likeness (QED) is 0.190. The minimum absolute atomic E-state index is 0.445. The van der Waals surface area contributed by atoms with E-state index in [0.717, 1.165) is 6.92 Å². The fraction of sp³-hybridized carbons (Fsp3) is 0.812. The maximum absolute atomic E-state index is 14.2. The van der Waals surface area contributed by atoms with Crippen molar-refractivity contribution in [3.05, 3.63) is 0 Å². The van der Waals surface area contributed by atoms with Crippen LogP contribution in [0.2, 0.25) is 0 Å². The van der Waals surface area contributed by atoms with Crippen molar-refractivity contribution in [2.45, 2.75) is 73.7 Å². The average Bonchev–Trinajstić information content (AvgIpc) is 2.69. The molecule has 0 aliphatic carbocycles. The number of esters is 1. The predicted molar refractivity (Wildman–Crippen MR) is 82.5 cm³/mol. The van der Waals surface area contributed by atoms with Crippen molar-refractivity contribution in [1.82, 2.24) is 0 Å². The Bertz CT molecular complexity index is 889. The first-order valence-corrected chi connectivity index (χ1v) is 8.90. The molecule has 22 heteroatoms. The fourth-order valence-corrected chi connectivity index (χ4v) is 1.90. The van der Waals surface area contributed by atoms with Crippen molar-refractivity contribution in [2.75, 3.05) is 6.61 Å². The van der Waals surface area contributed by atoms with Gasteiger partial charge in [-0.3, -0.25) is 9.47 Å². The molecule has 5 nitrogen and oxygen atoms in total. The Hall–Kier alpha value is -2.28. The lowest BCUT2D eigenvalue weighted by Gasteiger charge is -2.39. The number of hydrogen-bond donors (Lipinski definition) is 1. The van der Waals surface area contributed by atoms with Crippen molar-refractivity contribution >= 4 is 5.97 Å². The molecule has 0 aromatic heterocycles. The molecule has 0 saturated heterocycles. The summed E-state index contributed by atoms with van der Waals surface area (Å²) in [6, 6.07) is 0. The summed E-state index contributed by atoms with van der Waals surface area (Å²) in [6.07, 6.45) is -35.6. The highest BCUT2D eigenvalue weighted by molar-refractivity contribution is 5.78. The Morgan fingerprint density at radius 1 is 0.737 bits per heavy atom. The van der Waals surface area contributed by atoms with Crippen LogP contribution in [0.15, 0.2) is 0 Å². The van der Waals surface area contributed by atoms with Crippen LogP contribution in [0.3, 0.4) is 0 Å². The summed E-state index contributed by atoms with van der Waals surface area (Å²) in [5, 5.41) is 9.62. The van der Waals surface area contributed by atoms with Gasteiger partial charge in [-0.15, -0.1) is 6.42 Å². The third-order valence-electron chi connectivity index (χ3n) is 4.23. The third-order valence-corrected chi connectivity index (χ3v) is 4.23. The first-order chi connectivity index (χ1) is 16.4. The van der Waals surface area contributed by atoms with Crippen LogP contribution >= 0.6 is 0 Å². The van der Waals surface area contributed by atoms with E-state index in [0.29, 0.717) is 0 Å². The lowest BCUT2D eigenvalue weighted by atomic mass is 9.98. The SMILES string of the molecule is C#CC(O)(CC)CCOC(=O)C(F)(OC(F)(F)C(F)(OC(F)(F)C(F)(F)C(F)(F)F)C(F)(F)F)C(F)(F)F. The minimum Gasteiger partial charge on any atom is -0.461 e. The molecule has 0 heterocycles. The number of ether oxygens (including phenoxy) is 3. The van der Waals surface area contributed by atoms with Crippen molar-refractivity contribution in [3.63, 3.8) is 0 Å². The molecular formula is C16H11F17O5. The van der Waals surface area contributed by atoms with Crippen LogP contribution in [0.4, 0.5) is 74.6 Å². The number of terminal acetylenes is 1. The van der Waals surface area contributed by atoms with Gasteiger partial charge in [0.15, 0.2) is 0 Å². The van der Waals surface area contributed by atoms with Crippen LogP contribution in [0, 0.1) is 12.3 Å². The minimum atomic E-state index is -8.12. The summed E-state index contributed by atoms with van der Waals surface area (Å²) in [5.41, 5.74) is -2.31. The highest BCUT2D eigenvalue weighted by Crippen LogP contribution is 2.56. The van der Waals surface area contributed by atoms with E-state index in [2.05, 4.69) is 4.74 Å². The monoisotopic (exact) mass is 606 g/mol. The first-order valence-electron chi connectivity index (χ1n) is 8.90. The number of halogens is 17. The normalized spacial score (nSPS) is 19.1. The van der Waals surface area contributed by atoms with Crippen molar-refractivity contribution < 1.29 is 98.7 Å². The van der Waals surface area contributed by atoms with Gasteiger partial charge in [-0.05, 0) is 6.42 Å². The van der Waals surface area contributed by atoms with Gasteiger partial charge in [0.1, 0.15) is 5.60 Å². The van der Waals surface area contributed by atoms with Crippen molar-refractivity contribution in [1.29, 1.82) is 0 Å². The third kappa shape index (κ3) is 6.64. The van der Waals surface area contributed by atoms with Gasteiger partial charge in [0.25, 0.3) is 0 Å². The largest absolute Gasteiger partial charge is 0.462 e. The number of rotatable bonds is 11. The molecule has 1 N–H and O–H groups in total. The molecule has 0 aromatic rings. The van der Waals surface area contributed by atoms with Crippen LogP contribution in [-0.4, -0.2) is 71.7 Å². The number of carbonyl (C=O) groups excluding carboxylic acids is 1. The Morgan fingerprint density at radius 2 is 1.18 bits per heavy atom. The molecule has 0 aliphatic heterocycles. The molecule has 0 aromatic carbocycles. The van der Waals surface area contributed by atoms with Gasteiger partial charge in [0, 0.05) is 6.42 Å². The van der Waals surface area contributed by atoms with Crippen molar-refractivity contribution in [3.8, 4) is 12.3 Å². The Labute approximate surface area is 198 Å². The molecule has 3 atom stereocenters. The Morgan fingerprint density at radius 3 is 1.50 bits per heavy atom. The van der Waals surface area contributed by atoms with Crippen LogP contribution < -0.4 is 0 Å². The summed E-state index contributed by atoms with van der Waals surface area (Å²) >= 11 is 0. The molecule has 0 amide bonds. The molecular weight excluding hydrogens is 595 g/mol. The van der Waals surface area contributed by atoms with Crippen LogP contribution in [0.5, 0.6) is 0 Å². The maximum Gasteiger partial charge on any atom is 0.462 e. The van der Waals surface area contributed by atoms with E-state index in [9.17, 15) is 84.5 Å². The predicted octanol–water partition coefficient (Wildman–Crippen LogP) is 5.57. The number of hydrogen-bond acceptors (Lipinski definition) is 5. The highest BCUT2D eigenvalue weighted by atomic mass is 19.4. The standard InChI is InChI=1S/C16H11F17O5/c1-3-8(35,4-2)5-6-36-7(34)9(17,12(21,22)23)37-16(32,33)11(20,14(27,28)29)38-15(30,31)10(18,19)13(24,25)26/h1,35H,4-6H2,2H3.